The van der Waals surface area contributed by atoms with Crippen molar-refractivity contribution in [2.75, 3.05) is 39.5 Å². The molecule has 1 saturated heterocycles. The summed E-state index contributed by atoms with van der Waals surface area (Å²) in [6.45, 7) is 5.39. The summed E-state index contributed by atoms with van der Waals surface area (Å²) in [5.41, 5.74) is 1.41. The van der Waals surface area contributed by atoms with Crippen LogP contribution < -0.4 is 9.47 Å². The van der Waals surface area contributed by atoms with E-state index in [4.69, 9.17) is 31.1 Å². The van der Waals surface area contributed by atoms with Gasteiger partial charge in [-0.05, 0) is 35.9 Å². The maximum absolute atomic E-state index is 9.17. The summed E-state index contributed by atoms with van der Waals surface area (Å²) in [5.74, 6) is 1.34. The first-order valence-electron chi connectivity index (χ1n) is 8.59. The highest BCUT2D eigenvalue weighted by atomic mass is 35.5. The van der Waals surface area contributed by atoms with E-state index < -0.39 is 0 Å². The van der Waals surface area contributed by atoms with E-state index in [-0.39, 0.29) is 0 Å². The molecule has 0 bridgehead atoms. The van der Waals surface area contributed by atoms with E-state index in [1.54, 1.807) is 18.2 Å². The van der Waals surface area contributed by atoms with Crippen molar-refractivity contribution < 1.29 is 14.2 Å². The molecule has 0 aromatic heterocycles. The highest BCUT2D eigenvalue weighted by molar-refractivity contribution is 6.30. The topological polar surface area (TPSA) is 54.7 Å². The number of morpholine rings is 1. The maximum Gasteiger partial charge on any atom is 0.137 e. The Labute approximate surface area is 158 Å². The van der Waals surface area contributed by atoms with Crippen LogP contribution in [-0.4, -0.2) is 44.4 Å². The standard InChI is InChI=1S/C20H21ClN2O3/c21-18-4-5-20(17(13-18)14-22)26-15-16-2-1-3-19(12-16)25-11-8-23-6-9-24-10-7-23/h1-5,12-13H,6-11,15H2. The SMILES string of the molecule is N#Cc1cc(Cl)ccc1OCc1cccc(OCCN2CCOCC2)c1. The van der Waals surface area contributed by atoms with Crippen LogP contribution in [0.1, 0.15) is 11.1 Å². The average Bonchev–Trinajstić information content (AvgIpc) is 2.68. The van der Waals surface area contributed by atoms with Crippen molar-refractivity contribution in [2.45, 2.75) is 6.61 Å². The van der Waals surface area contributed by atoms with Crippen LogP contribution in [0.4, 0.5) is 0 Å². The summed E-state index contributed by atoms with van der Waals surface area (Å²) < 4.78 is 17.0. The van der Waals surface area contributed by atoms with Crippen LogP contribution in [0, 0.1) is 11.3 Å². The van der Waals surface area contributed by atoms with Gasteiger partial charge in [-0.2, -0.15) is 5.26 Å². The van der Waals surface area contributed by atoms with Crippen LogP contribution in [0.15, 0.2) is 42.5 Å². The summed E-state index contributed by atoms with van der Waals surface area (Å²) in [6, 6.07) is 14.9. The van der Waals surface area contributed by atoms with E-state index in [1.165, 1.54) is 0 Å². The summed E-state index contributed by atoms with van der Waals surface area (Å²) >= 11 is 5.90. The minimum Gasteiger partial charge on any atom is -0.492 e. The minimum atomic E-state index is 0.358. The van der Waals surface area contributed by atoms with E-state index >= 15 is 0 Å². The number of nitrogens with zero attached hydrogens (tertiary/aromatic N) is 2. The van der Waals surface area contributed by atoms with Gasteiger partial charge in [-0.25, -0.2) is 0 Å². The third kappa shape index (κ3) is 5.37. The lowest BCUT2D eigenvalue weighted by molar-refractivity contribution is 0.0322. The smallest absolute Gasteiger partial charge is 0.137 e. The maximum atomic E-state index is 9.17. The first-order valence-corrected chi connectivity index (χ1v) is 8.97. The first kappa shape index (κ1) is 18.5. The van der Waals surface area contributed by atoms with E-state index in [0.29, 0.717) is 29.5 Å². The monoisotopic (exact) mass is 372 g/mol. The molecule has 26 heavy (non-hydrogen) atoms. The molecule has 2 aromatic carbocycles. The van der Waals surface area contributed by atoms with Crippen molar-refractivity contribution >= 4 is 11.6 Å². The molecular formula is C20H21ClN2O3. The Balaban J connectivity index is 1.51. The van der Waals surface area contributed by atoms with Crippen LogP contribution in [0.2, 0.25) is 5.02 Å². The highest BCUT2D eigenvalue weighted by Crippen LogP contribution is 2.23. The molecule has 0 amide bonds. The lowest BCUT2D eigenvalue weighted by atomic mass is 10.2. The summed E-state index contributed by atoms with van der Waals surface area (Å²) in [4.78, 5) is 2.33. The van der Waals surface area contributed by atoms with Crippen molar-refractivity contribution in [3.8, 4) is 17.6 Å². The number of rotatable bonds is 7. The lowest BCUT2D eigenvalue weighted by Gasteiger charge is -2.26. The van der Waals surface area contributed by atoms with Gasteiger partial charge in [-0.15, -0.1) is 0 Å². The largest absolute Gasteiger partial charge is 0.492 e. The van der Waals surface area contributed by atoms with Crippen LogP contribution in [0.5, 0.6) is 11.5 Å². The van der Waals surface area contributed by atoms with E-state index in [0.717, 1.165) is 44.2 Å². The van der Waals surface area contributed by atoms with Crippen LogP contribution in [-0.2, 0) is 11.3 Å². The number of hydrogen-bond acceptors (Lipinski definition) is 5. The lowest BCUT2D eigenvalue weighted by Crippen LogP contribution is -2.38. The van der Waals surface area contributed by atoms with Crippen LogP contribution in [0.3, 0.4) is 0 Å². The molecule has 1 aliphatic heterocycles. The predicted octanol–water partition coefficient (Wildman–Crippen LogP) is 3.50. The molecule has 0 atom stereocenters. The van der Waals surface area contributed by atoms with Crippen molar-refractivity contribution in [1.82, 2.24) is 4.90 Å². The molecule has 3 rings (SSSR count). The molecule has 136 valence electrons. The molecule has 0 unspecified atom stereocenters. The second-order valence-corrected chi connectivity index (χ2v) is 6.43. The number of nitriles is 1. The van der Waals surface area contributed by atoms with Gasteiger partial charge in [0.2, 0.25) is 0 Å². The molecule has 1 heterocycles. The Morgan fingerprint density at radius 3 is 2.77 bits per heavy atom. The fourth-order valence-electron chi connectivity index (χ4n) is 2.72. The molecule has 0 spiro atoms. The molecule has 0 saturated carbocycles. The molecule has 5 nitrogen and oxygen atoms in total. The van der Waals surface area contributed by atoms with E-state index in [1.807, 2.05) is 24.3 Å². The molecule has 1 aliphatic rings. The Bertz CT molecular complexity index is 770. The normalized spacial score (nSPS) is 14.6. The Morgan fingerprint density at radius 1 is 1.12 bits per heavy atom. The van der Waals surface area contributed by atoms with Crippen LogP contribution in [0.25, 0.3) is 0 Å². The van der Waals surface area contributed by atoms with Gasteiger partial charge in [-0.1, -0.05) is 23.7 Å². The Kier molecular flexibility index (Phi) is 6.73. The predicted molar refractivity (Wildman–Crippen MR) is 99.7 cm³/mol. The van der Waals surface area contributed by atoms with Crippen molar-refractivity contribution in [3.05, 3.63) is 58.6 Å². The second kappa shape index (κ2) is 9.44. The zero-order valence-corrected chi connectivity index (χ0v) is 15.2. The molecular weight excluding hydrogens is 352 g/mol. The molecule has 0 N–H and O–H groups in total. The van der Waals surface area contributed by atoms with Gasteiger partial charge in [0.25, 0.3) is 0 Å². The molecule has 0 aliphatic carbocycles. The molecule has 2 aromatic rings. The molecule has 6 heteroatoms. The Morgan fingerprint density at radius 2 is 1.96 bits per heavy atom. The summed E-state index contributed by atoms with van der Waals surface area (Å²) in [6.07, 6.45) is 0. The van der Waals surface area contributed by atoms with Gasteiger partial charge < -0.3 is 14.2 Å². The minimum absolute atomic E-state index is 0.358. The number of halogens is 1. The third-order valence-corrected chi connectivity index (χ3v) is 4.37. The van der Waals surface area contributed by atoms with Gasteiger partial charge >= 0.3 is 0 Å². The zero-order chi connectivity index (χ0) is 18.2. The number of ether oxygens (including phenoxy) is 3. The van der Waals surface area contributed by atoms with Gasteiger partial charge in [-0.3, -0.25) is 4.90 Å². The average molecular weight is 373 g/mol. The fourth-order valence-corrected chi connectivity index (χ4v) is 2.89. The number of hydrogen-bond donors (Lipinski definition) is 0. The third-order valence-electron chi connectivity index (χ3n) is 4.13. The van der Waals surface area contributed by atoms with Gasteiger partial charge in [0.05, 0.1) is 18.8 Å². The van der Waals surface area contributed by atoms with Crippen molar-refractivity contribution in [1.29, 1.82) is 5.26 Å². The van der Waals surface area contributed by atoms with Crippen molar-refractivity contribution in [3.63, 3.8) is 0 Å². The zero-order valence-electron chi connectivity index (χ0n) is 14.5. The van der Waals surface area contributed by atoms with Crippen LogP contribution >= 0.6 is 11.6 Å². The summed E-state index contributed by atoms with van der Waals surface area (Å²) in [5, 5.41) is 9.69. The Hall–Kier alpha value is -2.26. The molecule has 0 radical (unpaired) electrons. The fraction of sp³-hybridized carbons (Fsp3) is 0.350. The summed E-state index contributed by atoms with van der Waals surface area (Å²) in [7, 11) is 0. The van der Waals surface area contributed by atoms with E-state index in [2.05, 4.69) is 11.0 Å². The number of benzene rings is 2. The second-order valence-electron chi connectivity index (χ2n) is 5.99. The van der Waals surface area contributed by atoms with Gasteiger partial charge in [0.15, 0.2) is 0 Å². The highest BCUT2D eigenvalue weighted by Gasteiger charge is 2.10. The van der Waals surface area contributed by atoms with Gasteiger partial charge in [0.1, 0.15) is 30.8 Å². The van der Waals surface area contributed by atoms with Crippen molar-refractivity contribution in [2.24, 2.45) is 0 Å². The quantitative estimate of drug-likeness (QED) is 0.744. The van der Waals surface area contributed by atoms with E-state index in [9.17, 15) is 0 Å². The molecule has 1 fully saturated rings. The first-order chi connectivity index (χ1) is 12.7. The van der Waals surface area contributed by atoms with Gasteiger partial charge in [0, 0.05) is 24.7 Å².